The van der Waals surface area contributed by atoms with Gasteiger partial charge in [0.2, 0.25) is 0 Å². The fraction of sp³-hybridized carbons (Fsp3) is 0.300. The second-order valence-corrected chi connectivity index (χ2v) is 10.9. The highest BCUT2D eigenvalue weighted by Gasteiger charge is 2.52. The van der Waals surface area contributed by atoms with Gasteiger partial charge in [-0.25, -0.2) is 18.8 Å². The lowest BCUT2D eigenvalue weighted by atomic mass is 9.90. The van der Waals surface area contributed by atoms with Crippen LogP contribution in [0.15, 0.2) is 70.0 Å². The van der Waals surface area contributed by atoms with Crippen LogP contribution in [-0.4, -0.2) is 45.2 Å². The van der Waals surface area contributed by atoms with E-state index in [1.54, 1.807) is 19.1 Å². The van der Waals surface area contributed by atoms with Gasteiger partial charge in [0, 0.05) is 29.6 Å². The third-order valence-electron chi connectivity index (χ3n) is 7.75. The zero-order valence-corrected chi connectivity index (χ0v) is 23.6. The van der Waals surface area contributed by atoms with Crippen molar-refractivity contribution in [3.8, 4) is 0 Å². The molecule has 0 unspecified atom stereocenters. The van der Waals surface area contributed by atoms with Crippen LogP contribution >= 0.6 is 11.6 Å². The van der Waals surface area contributed by atoms with E-state index in [2.05, 4.69) is 10.3 Å². The lowest BCUT2D eigenvalue weighted by Gasteiger charge is -2.46. The highest BCUT2D eigenvalue weighted by molar-refractivity contribution is 6.30. The molecule has 0 radical (unpaired) electrons. The smallest absolute Gasteiger partial charge is 0.416 e. The molecule has 2 amide bonds. The number of rotatable bonds is 5. The van der Waals surface area contributed by atoms with Crippen molar-refractivity contribution < 1.29 is 36.6 Å². The van der Waals surface area contributed by atoms with Crippen LogP contribution in [0, 0.1) is 11.6 Å². The molecule has 3 heterocycles. The molecule has 0 spiro atoms. The Labute approximate surface area is 248 Å². The molecule has 43 heavy (non-hydrogen) atoms. The molecule has 2 N–H and O–H groups in total. The van der Waals surface area contributed by atoms with Crippen LogP contribution in [0.25, 0.3) is 5.57 Å². The number of nitrogens with zero attached hydrogens (tertiary/aromatic N) is 3. The first-order chi connectivity index (χ1) is 20.3. The Morgan fingerprint density at radius 2 is 1.91 bits per heavy atom. The third-order valence-corrected chi connectivity index (χ3v) is 8.00. The van der Waals surface area contributed by atoms with Crippen LogP contribution in [0.3, 0.4) is 0 Å². The normalized spacial score (nSPS) is 24.4. The lowest BCUT2D eigenvalue weighted by molar-refractivity contribution is -0.160. The summed E-state index contributed by atoms with van der Waals surface area (Å²) >= 11 is 6.02. The summed E-state index contributed by atoms with van der Waals surface area (Å²) in [5, 5.41) is 16.5. The Kier molecular flexibility index (Phi) is 8.19. The van der Waals surface area contributed by atoms with E-state index < -0.39 is 58.6 Å². The van der Waals surface area contributed by atoms with Crippen molar-refractivity contribution in [3.63, 3.8) is 0 Å². The number of aliphatic imine (C=N–C) groups is 1. The predicted octanol–water partition coefficient (Wildman–Crippen LogP) is 6.87. The number of amides is 2. The largest absolute Gasteiger partial charge is 0.509 e. The molecule has 5 rings (SSSR count). The molecule has 0 aliphatic carbocycles. The summed E-state index contributed by atoms with van der Waals surface area (Å²) in [4.78, 5) is 31.5. The summed E-state index contributed by atoms with van der Waals surface area (Å²) in [5.41, 5.74) is -2.86. The number of aliphatic hydroxyl groups excluding tert-OH is 1. The van der Waals surface area contributed by atoms with E-state index in [1.807, 2.05) is 0 Å². The third kappa shape index (κ3) is 5.81. The second kappa shape index (κ2) is 11.6. The van der Waals surface area contributed by atoms with E-state index >= 15 is 0 Å². The number of allylic oxidation sites excluding steroid dienone is 3. The number of hydrogen-bond donors (Lipinski definition) is 2. The Morgan fingerprint density at radius 1 is 1.16 bits per heavy atom. The number of alkyl halides is 3. The maximum absolute atomic E-state index is 14.6. The Bertz CT molecular complexity index is 1620. The second-order valence-electron chi connectivity index (χ2n) is 10.5. The first-order valence-electron chi connectivity index (χ1n) is 13.4. The summed E-state index contributed by atoms with van der Waals surface area (Å²) in [6.07, 6.45) is 1.65. The number of fused-ring (bicyclic) bond motifs is 1. The van der Waals surface area contributed by atoms with E-state index in [-0.39, 0.29) is 27.5 Å². The average molecular weight is 621 g/mol. The van der Waals surface area contributed by atoms with Gasteiger partial charge in [-0.1, -0.05) is 29.8 Å². The molecule has 1 saturated heterocycles. The minimum atomic E-state index is -4.69. The summed E-state index contributed by atoms with van der Waals surface area (Å²) in [6, 6.07) is 6.20. The molecule has 0 aromatic heterocycles. The minimum Gasteiger partial charge on any atom is -0.509 e. The lowest BCUT2D eigenvalue weighted by Crippen LogP contribution is -2.60. The first-order valence-corrected chi connectivity index (χ1v) is 13.8. The molecule has 2 aromatic carbocycles. The van der Waals surface area contributed by atoms with Crippen LogP contribution in [0.2, 0.25) is 0 Å². The Balaban J connectivity index is 1.54. The molecule has 1 fully saturated rings. The van der Waals surface area contributed by atoms with Crippen molar-refractivity contribution in [2.45, 2.75) is 50.9 Å². The molecule has 0 saturated carbocycles. The van der Waals surface area contributed by atoms with E-state index in [0.29, 0.717) is 32.2 Å². The summed E-state index contributed by atoms with van der Waals surface area (Å²) in [6.45, 7) is 1.48. The van der Waals surface area contributed by atoms with Gasteiger partial charge in [-0.3, -0.25) is 14.6 Å². The van der Waals surface area contributed by atoms with Crippen molar-refractivity contribution in [1.29, 1.82) is 0 Å². The van der Waals surface area contributed by atoms with Crippen molar-refractivity contribution in [2.75, 3.05) is 11.9 Å². The molecule has 3 aliphatic heterocycles. The number of carbonyl (C=O) groups excluding carboxylic acids is 2. The van der Waals surface area contributed by atoms with Gasteiger partial charge >= 0.3 is 6.18 Å². The van der Waals surface area contributed by atoms with Gasteiger partial charge < -0.3 is 10.4 Å². The number of halogens is 6. The topological polar surface area (TPSA) is 85.2 Å². The van der Waals surface area contributed by atoms with E-state index in [1.165, 1.54) is 23.4 Å². The van der Waals surface area contributed by atoms with Gasteiger partial charge in [0.15, 0.2) is 11.6 Å². The number of aliphatic hydroxyl groups is 1. The van der Waals surface area contributed by atoms with Crippen LogP contribution in [0.5, 0.6) is 0 Å². The van der Waals surface area contributed by atoms with Crippen molar-refractivity contribution in [1.82, 2.24) is 10.0 Å². The van der Waals surface area contributed by atoms with Gasteiger partial charge in [0.1, 0.15) is 16.5 Å². The molecular weight excluding hydrogens is 595 g/mol. The van der Waals surface area contributed by atoms with E-state index in [0.717, 1.165) is 29.3 Å². The zero-order valence-electron chi connectivity index (χ0n) is 22.8. The molecule has 226 valence electrons. The van der Waals surface area contributed by atoms with Gasteiger partial charge in [-0.05, 0) is 68.5 Å². The van der Waals surface area contributed by atoms with Crippen molar-refractivity contribution >= 4 is 40.9 Å². The van der Waals surface area contributed by atoms with Gasteiger partial charge in [0.05, 0.1) is 17.6 Å². The first kappa shape index (κ1) is 30.4. The number of hydrazine groups is 1. The van der Waals surface area contributed by atoms with Crippen LogP contribution < -0.4 is 5.32 Å². The number of hydrogen-bond acceptors (Lipinski definition) is 5. The standard InChI is InChI=1S/C30H26ClF5N4O3/c1-29-12-5-13-40(29)39(16-18-7-4-8-21(32)25(18)33)28(43)24(26(29)41)27(42)38-22-11-10-19(30(34,35)36)14-20(22)17-6-2-3-9-23(31)37-15-17/h4,6-11,14-15,41H,2-3,5,12-13,16H2,1H3,(H,38,42)/b17-6+,23-9+,37-15-/t29-/m1/s1. The number of carbonyl (C=O) groups is 2. The summed E-state index contributed by atoms with van der Waals surface area (Å²) < 4.78 is 69.5. The maximum Gasteiger partial charge on any atom is 0.416 e. The molecule has 2 aromatic rings. The number of anilines is 1. The Hall–Kier alpha value is -4.03. The fourth-order valence-corrected chi connectivity index (χ4v) is 5.65. The molecule has 1 atom stereocenters. The highest BCUT2D eigenvalue weighted by Crippen LogP contribution is 2.42. The van der Waals surface area contributed by atoms with Gasteiger partial charge in [-0.15, -0.1) is 0 Å². The monoisotopic (exact) mass is 620 g/mol. The number of benzene rings is 2. The van der Waals surface area contributed by atoms with Crippen molar-refractivity contribution in [3.05, 3.63) is 93.4 Å². The molecule has 7 nitrogen and oxygen atoms in total. The zero-order chi connectivity index (χ0) is 31.1. The average Bonchev–Trinajstić information content (AvgIpc) is 3.34. The highest BCUT2D eigenvalue weighted by atomic mass is 35.5. The SMILES string of the molecule is C[C@]12CCCN1N(Cc1cccc(F)c1F)C(=O)C(C(=O)Nc1ccc(C(F)(F)F)cc1C1=C/CC/C=C(Cl)/N=C\1)=C2O. The molecular formula is C30H26ClF5N4O3. The summed E-state index contributed by atoms with van der Waals surface area (Å²) in [7, 11) is 0. The maximum atomic E-state index is 14.6. The molecule has 3 aliphatic rings. The Morgan fingerprint density at radius 3 is 2.65 bits per heavy atom. The number of nitrogens with one attached hydrogen (secondary N) is 1. The van der Waals surface area contributed by atoms with E-state index in [4.69, 9.17) is 11.6 Å². The van der Waals surface area contributed by atoms with Crippen LogP contribution in [0.4, 0.5) is 27.6 Å². The van der Waals surface area contributed by atoms with Crippen LogP contribution in [0.1, 0.15) is 49.3 Å². The van der Waals surface area contributed by atoms with Gasteiger partial charge in [-0.2, -0.15) is 13.2 Å². The van der Waals surface area contributed by atoms with Crippen LogP contribution in [-0.2, 0) is 22.3 Å². The predicted molar refractivity (Wildman–Crippen MR) is 151 cm³/mol. The molecule has 0 bridgehead atoms. The fourth-order valence-electron chi connectivity index (χ4n) is 5.49. The summed E-state index contributed by atoms with van der Waals surface area (Å²) in [5.74, 6) is -4.85. The van der Waals surface area contributed by atoms with Crippen molar-refractivity contribution in [2.24, 2.45) is 4.99 Å². The van der Waals surface area contributed by atoms with Gasteiger partial charge in [0.25, 0.3) is 11.8 Å². The van der Waals surface area contributed by atoms with E-state index in [9.17, 15) is 36.6 Å². The quantitative estimate of drug-likeness (QED) is 0.217. The minimum absolute atomic E-state index is 0.0333. The molecule has 13 heteroatoms.